The van der Waals surface area contributed by atoms with Gasteiger partial charge in [-0.25, -0.2) is 0 Å². The van der Waals surface area contributed by atoms with Crippen molar-refractivity contribution in [1.82, 2.24) is 4.90 Å². The minimum Gasteiger partial charge on any atom is -0.480 e. The summed E-state index contributed by atoms with van der Waals surface area (Å²) in [4.78, 5) is 13.4. The van der Waals surface area contributed by atoms with Crippen LogP contribution in [0.15, 0.2) is 36.4 Å². The molecule has 1 heterocycles. The van der Waals surface area contributed by atoms with Crippen LogP contribution in [0.2, 0.25) is 0 Å². The monoisotopic (exact) mass is 245 g/mol. The van der Waals surface area contributed by atoms with Crippen molar-refractivity contribution in [3.05, 3.63) is 47.5 Å². The lowest BCUT2D eigenvalue weighted by Gasteiger charge is -2.34. The van der Waals surface area contributed by atoms with E-state index in [9.17, 15) is 9.90 Å². The molecular weight excluding hydrogens is 226 g/mol. The maximum atomic E-state index is 11.4. The van der Waals surface area contributed by atoms with Crippen LogP contribution in [0, 0.1) is 0 Å². The fourth-order valence-electron chi connectivity index (χ4n) is 2.39. The average molecular weight is 245 g/mol. The number of carbonyl (C=O) groups is 1. The first-order chi connectivity index (χ1) is 8.61. The molecule has 1 atom stereocenters. The summed E-state index contributed by atoms with van der Waals surface area (Å²) in [6, 6.07) is 7.65. The quantitative estimate of drug-likeness (QED) is 0.828. The molecule has 0 amide bonds. The topological polar surface area (TPSA) is 40.5 Å². The van der Waals surface area contributed by atoms with Gasteiger partial charge in [0.05, 0.1) is 0 Å². The molecule has 1 aliphatic heterocycles. The van der Waals surface area contributed by atoms with Crippen molar-refractivity contribution in [2.75, 3.05) is 6.54 Å². The van der Waals surface area contributed by atoms with Gasteiger partial charge < -0.3 is 5.11 Å². The number of hydrogen-bond acceptors (Lipinski definition) is 2. The van der Waals surface area contributed by atoms with Crippen molar-refractivity contribution in [3.8, 4) is 0 Å². The Labute approximate surface area is 108 Å². The Balaban J connectivity index is 2.23. The van der Waals surface area contributed by atoms with Gasteiger partial charge in [0.2, 0.25) is 0 Å². The zero-order valence-electron chi connectivity index (χ0n) is 10.7. The normalized spacial score (nSPS) is 19.3. The predicted molar refractivity (Wildman–Crippen MR) is 71.4 cm³/mol. The summed E-state index contributed by atoms with van der Waals surface area (Å²) >= 11 is 0. The van der Waals surface area contributed by atoms with E-state index in [1.165, 1.54) is 5.56 Å². The molecular formula is C15H19NO2. The van der Waals surface area contributed by atoms with Gasteiger partial charge in [-0.1, -0.05) is 43.3 Å². The molecule has 0 unspecified atom stereocenters. The van der Waals surface area contributed by atoms with Crippen LogP contribution in [0.3, 0.4) is 0 Å². The third kappa shape index (κ3) is 2.62. The molecule has 1 N–H and O–H groups in total. The summed E-state index contributed by atoms with van der Waals surface area (Å²) in [6.07, 6.45) is 1.48. The smallest absolute Gasteiger partial charge is 0.321 e. The van der Waals surface area contributed by atoms with Crippen LogP contribution in [-0.4, -0.2) is 28.6 Å². The molecule has 1 aromatic rings. The number of nitrogens with zero attached hydrogens (tertiary/aromatic N) is 1. The average Bonchev–Trinajstić information content (AvgIpc) is 2.37. The van der Waals surface area contributed by atoms with Gasteiger partial charge in [0.1, 0.15) is 6.04 Å². The molecule has 0 aromatic heterocycles. The summed E-state index contributed by atoms with van der Waals surface area (Å²) in [7, 11) is 0. The summed E-state index contributed by atoms with van der Waals surface area (Å²) < 4.78 is 0. The van der Waals surface area contributed by atoms with Gasteiger partial charge in [0.25, 0.3) is 0 Å². The lowest BCUT2D eigenvalue weighted by molar-refractivity contribution is -0.143. The highest BCUT2D eigenvalue weighted by atomic mass is 16.4. The maximum absolute atomic E-state index is 11.4. The first-order valence-electron chi connectivity index (χ1n) is 6.32. The van der Waals surface area contributed by atoms with Gasteiger partial charge in [-0.05, 0) is 24.0 Å². The molecule has 1 aliphatic rings. The summed E-state index contributed by atoms with van der Waals surface area (Å²) in [6.45, 7) is 7.40. The SMILES string of the molecule is C=C(CC)CN1Cc2ccccc2C[C@H]1C(=O)O. The molecule has 96 valence electrons. The van der Waals surface area contributed by atoms with Crippen molar-refractivity contribution in [3.63, 3.8) is 0 Å². The fraction of sp³-hybridized carbons (Fsp3) is 0.400. The van der Waals surface area contributed by atoms with E-state index >= 15 is 0 Å². The predicted octanol–water partition coefficient (Wildman–Crippen LogP) is 2.46. The van der Waals surface area contributed by atoms with Crippen LogP contribution in [0.5, 0.6) is 0 Å². The zero-order chi connectivity index (χ0) is 13.1. The second-order valence-corrected chi connectivity index (χ2v) is 4.84. The highest BCUT2D eigenvalue weighted by molar-refractivity contribution is 5.74. The van der Waals surface area contributed by atoms with Crippen molar-refractivity contribution < 1.29 is 9.90 Å². The largest absolute Gasteiger partial charge is 0.480 e. The number of aliphatic carboxylic acids is 1. The first-order valence-corrected chi connectivity index (χ1v) is 6.32. The number of fused-ring (bicyclic) bond motifs is 1. The van der Waals surface area contributed by atoms with E-state index in [1.807, 2.05) is 23.1 Å². The van der Waals surface area contributed by atoms with Gasteiger partial charge >= 0.3 is 5.97 Å². The van der Waals surface area contributed by atoms with E-state index in [4.69, 9.17) is 0 Å². The van der Waals surface area contributed by atoms with Crippen LogP contribution < -0.4 is 0 Å². The van der Waals surface area contributed by atoms with Crippen LogP contribution in [0.4, 0.5) is 0 Å². The van der Waals surface area contributed by atoms with E-state index in [0.29, 0.717) is 19.5 Å². The van der Waals surface area contributed by atoms with E-state index in [-0.39, 0.29) is 0 Å². The molecule has 0 radical (unpaired) electrons. The third-order valence-electron chi connectivity index (χ3n) is 3.56. The molecule has 0 bridgehead atoms. The molecule has 0 saturated heterocycles. The zero-order valence-corrected chi connectivity index (χ0v) is 10.7. The van der Waals surface area contributed by atoms with Crippen molar-refractivity contribution >= 4 is 5.97 Å². The maximum Gasteiger partial charge on any atom is 0.321 e. The van der Waals surface area contributed by atoms with Gasteiger partial charge in [-0.15, -0.1) is 0 Å². The second kappa shape index (κ2) is 5.36. The Bertz CT molecular complexity index is 467. The molecule has 18 heavy (non-hydrogen) atoms. The molecule has 2 rings (SSSR count). The third-order valence-corrected chi connectivity index (χ3v) is 3.56. The van der Waals surface area contributed by atoms with Gasteiger partial charge in [-0.3, -0.25) is 9.69 Å². The number of rotatable bonds is 4. The number of carboxylic acids is 1. The van der Waals surface area contributed by atoms with Crippen LogP contribution in [-0.2, 0) is 17.8 Å². The van der Waals surface area contributed by atoms with E-state index in [2.05, 4.69) is 19.6 Å². The Hall–Kier alpha value is -1.61. The van der Waals surface area contributed by atoms with Crippen LogP contribution in [0.25, 0.3) is 0 Å². The fourth-order valence-corrected chi connectivity index (χ4v) is 2.39. The van der Waals surface area contributed by atoms with Crippen molar-refractivity contribution in [2.24, 2.45) is 0 Å². The Morgan fingerprint density at radius 2 is 2.11 bits per heavy atom. The summed E-state index contributed by atoms with van der Waals surface area (Å²) in [5, 5.41) is 9.35. The van der Waals surface area contributed by atoms with Crippen LogP contribution in [0.1, 0.15) is 24.5 Å². The Morgan fingerprint density at radius 1 is 1.44 bits per heavy atom. The van der Waals surface area contributed by atoms with E-state index in [1.54, 1.807) is 0 Å². The summed E-state index contributed by atoms with van der Waals surface area (Å²) in [5.41, 5.74) is 3.47. The lowest BCUT2D eigenvalue weighted by atomic mass is 9.93. The Morgan fingerprint density at radius 3 is 2.72 bits per heavy atom. The Kier molecular flexibility index (Phi) is 3.82. The van der Waals surface area contributed by atoms with Gasteiger partial charge in [-0.2, -0.15) is 0 Å². The van der Waals surface area contributed by atoms with Crippen molar-refractivity contribution in [2.45, 2.75) is 32.4 Å². The molecule has 0 saturated carbocycles. The number of carboxylic acid groups (broad SMARTS) is 1. The molecule has 1 aromatic carbocycles. The van der Waals surface area contributed by atoms with Crippen molar-refractivity contribution in [1.29, 1.82) is 0 Å². The van der Waals surface area contributed by atoms with Gasteiger partial charge in [0, 0.05) is 13.1 Å². The minimum absolute atomic E-state index is 0.428. The number of benzene rings is 1. The minimum atomic E-state index is -0.742. The van der Waals surface area contributed by atoms with Gasteiger partial charge in [0.15, 0.2) is 0 Å². The second-order valence-electron chi connectivity index (χ2n) is 4.84. The standard InChI is InChI=1S/C15H19NO2/c1-3-11(2)9-16-10-13-7-5-4-6-12(13)8-14(16)15(17)18/h4-7,14H,2-3,8-10H2,1H3,(H,17,18)/t14-/m0/s1. The first kappa shape index (κ1) is 12.8. The molecule has 3 heteroatoms. The van der Waals surface area contributed by atoms with Crippen LogP contribution >= 0.6 is 0 Å². The molecule has 3 nitrogen and oxygen atoms in total. The molecule has 0 spiro atoms. The summed E-state index contributed by atoms with van der Waals surface area (Å²) in [5.74, 6) is -0.742. The molecule has 0 fully saturated rings. The van der Waals surface area contributed by atoms with E-state index in [0.717, 1.165) is 17.6 Å². The molecule has 0 aliphatic carbocycles. The number of hydrogen-bond donors (Lipinski definition) is 1. The van der Waals surface area contributed by atoms with E-state index < -0.39 is 12.0 Å². The lowest BCUT2D eigenvalue weighted by Crippen LogP contribution is -2.46. The highest BCUT2D eigenvalue weighted by Gasteiger charge is 2.30. The highest BCUT2D eigenvalue weighted by Crippen LogP contribution is 2.24.